The summed E-state index contributed by atoms with van der Waals surface area (Å²) in [7, 11) is 3.15. The van der Waals surface area contributed by atoms with Crippen LogP contribution in [0.25, 0.3) is 0 Å². The van der Waals surface area contributed by atoms with Crippen molar-refractivity contribution >= 4 is 18.0 Å². The van der Waals surface area contributed by atoms with Gasteiger partial charge in [-0.1, -0.05) is 52.0 Å². The standard InChI is InChI=1S/C29H40N2O7/c1-21(2)19-37-28(33)30(15-23-7-11-26(35-5)12-8-23)17-25(32)18-31(29(34)38-20-22(3)4)16-24-9-13-27(36-6)14-10-24/h7-14,21-22H,15-20H2,1-6H3. The van der Waals surface area contributed by atoms with E-state index in [2.05, 4.69) is 0 Å². The summed E-state index contributed by atoms with van der Waals surface area (Å²) < 4.78 is 21.2. The second kappa shape index (κ2) is 15.5. The molecule has 0 atom stereocenters. The minimum absolute atomic E-state index is 0.146. The molecule has 2 aromatic rings. The highest BCUT2D eigenvalue weighted by molar-refractivity contribution is 5.88. The fourth-order valence-corrected chi connectivity index (χ4v) is 3.41. The number of ketones is 1. The Balaban J connectivity index is 2.17. The SMILES string of the molecule is COc1ccc(CN(CC(=O)CN(Cc2ccc(OC)cc2)C(=O)OCC(C)C)C(=O)OCC(C)C)cc1. The lowest BCUT2D eigenvalue weighted by atomic mass is 10.2. The third-order valence-corrected chi connectivity index (χ3v) is 5.40. The van der Waals surface area contributed by atoms with Gasteiger partial charge < -0.3 is 18.9 Å². The van der Waals surface area contributed by atoms with Gasteiger partial charge in [-0.3, -0.25) is 14.6 Å². The summed E-state index contributed by atoms with van der Waals surface area (Å²) in [6.07, 6.45) is -1.18. The third kappa shape index (κ3) is 10.7. The third-order valence-electron chi connectivity index (χ3n) is 5.40. The van der Waals surface area contributed by atoms with Crippen molar-refractivity contribution < 1.29 is 33.3 Å². The molecule has 0 radical (unpaired) electrons. The van der Waals surface area contributed by atoms with Gasteiger partial charge in [0.25, 0.3) is 0 Å². The van der Waals surface area contributed by atoms with Crippen LogP contribution in [0.4, 0.5) is 9.59 Å². The molecule has 0 fully saturated rings. The van der Waals surface area contributed by atoms with E-state index in [1.165, 1.54) is 9.80 Å². The lowest BCUT2D eigenvalue weighted by Crippen LogP contribution is -2.42. The van der Waals surface area contributed by atoms with Crippen LogP contribution < -0.4 is 9.47 Å². The second-order valence-corrected chi connectivity index (χ2v) is 9.89. The number of hydrogen-bond acceptors (Lipinski definition) is 7. The minimum Gasteiger partial charge on any atom is -0.497 e. The van der Waals surface area contributed by atoms with Crippen LogP contribution in [0.5, 0.6) is 11.5 Å². The lowest BCUT2D eigenvalue weighted by Gasteiger charge is -2.25. The Bertz CT molecular complexity index is 939. The number of Topliss-reactive ketones (excluding diaryl/α,β-unsaturated/α-hetero) is 1. The number of benzene rings is 2. The van der Waals surface area contributed by atoms with Crippen molar-refractivity contribution in [3.63, 3.8) is 0 Å². The first kappa shape index (κ1) is 30.5. The molecule has 208 valence electrons. The molecule has 0 saturated carbocycles. The van der Waals surface area contributed by atoms with Crippen molar-refractivity contribution in [3.8, 4) is 11.5 Å². The van der Waals surface area contributed by atoms with Crippen molar-refractivity contribution in [1.29, 1.82) is 0 Å². The summed E-state index contributed by atoms with van der Waals surface area (Å²) in [6, 6.07) is 14.5. The molecule has 2 rings (SSSR count). The average Bonchev–Trinajstić information content (AvgIpc) is 2.90. The molecule has 0 bridgehead atoms. The van der Waals surface area contributed by atoms with E-state index in [9.17, 15) is 14.4 Å². The van der Waals surface area contributed by atoms with Gasteiger partial charge in [-0.15, -0.1) is 0 Å². The molecule has 9 nitrogen and oxygen atoms in total. The average molecular weight is 529 g/mol. The number of ether oxygens (including phenoxy) is 4. The molecule has 38 heavy (non-hydrogen) atoms. The maximum atomic E-state index is 13.2. The van der Waals surface area contributed by atoms with Gasteiger partial charge in [0, 0.05) is 13.1 Å². The van der Waals surface area contributed by atoms with Crippen LogP contribution in [-0.2, 0) is 27.4 Å². The number of carbonyl (C=O) groups excluding carboxylic acids is 3. The van der Waals surface area contributed by atoms with Gasteiger partial charge in [-0.2, -0.15) is 0 Å². The molecular formula is C29H40N2O7. The first-order valence-corrected chi connectivity index (χ1v) is 12.7. The summed E-state index contributed by atoms with van der Waals surface area (Å²) in [6.45, 7) is 8.11. The van der Waals surface area contributed by atoms with E-state index >= 15 is 0 Å². The lowest BCUT2D eigenvalue weighted by molar-refractivity contribution is -0.121. The number of nitrogens with zero attached hydrogens (tertiary/aromatic N) is 2. The van der Waals surface area contributed by atoms with Crippen LogP contribution in [0, 0.1) is 11.8 Å². The van der Waals surface area contributed by atoms with Gasteiger partial charge in [-0.05, 0) is 47.2 Å². The second-order valence-electron chi connectivity index (χ2n) is 9.89. The largest absolute Gasteiger partial charge is 0.497 e. The Labute approximate surface area is 225 Å². The van der Waals surface area contributed by atoms with Crippen LogP contribution in [0.1, 0.15) is 38.8 Å². The van der Waals surface area contributed by atoms with E-state index in [-0.39, 0.29) is 57.0 Å². The van der Waals surface area contributed by atoms with Crippen molar-refractivity contribution in [2.24, 2.45) is 11.8 Å². The predicted molar refractivity (Wildman–Crippen MR) is 144 cm³/mol. The van der Waals surface area contributed by atoms with E-state index < -0.39 is 12.2 Å². The molecule has 0 heterocycles. The summed E-state index contributed by atoms with van der Waals surface area (Å²) in [5.74, 6) is 1.34. The number of methoxy groups -OCH3 is 2. The molecule has 2 amide bonds. The van der Waals surface area contributed by atoms with E-state index in [0.717, 1.165) is 11.1 Å². The molecule has 0 unspecified atom stereocenters. The molecule has 0 aliphatic carbocycles. The Morgan fingerprint density at radius 1 is 0.632 bits per heavy atom. The molecule has 9 heteroatoms. The zero-order valence-electron chi connectivity index (χ0n) is 23.3. The molecule has 0 aliphatic rings. The van der Waals surface area contributed by atoms with Gasteiger partial charge >= 0.3 is 12.2 Å². The molecule has 0 aromatic heterocycles. The van der Waals surface area contributed by atoms with Crippen LogP contribution in [0.3, 0.4) is 0 Å². The van der Waals surface area contributed by atoms with Crippen molar-refractivity contribution in [2.75, 3.05) is 40.5 Å². The molecular weight excluding hydrogens is 488 g/mol. The fourth-order valence-electron chi connectivity index (χ4n) is 3.41. The zero-order valence-corrected chi connectivity index (χ0v) is 23.3. The fraction of sp³-hybridized carbons (Fsp3) is 0.483. The Morgan fingerprint density at radius 3 is 1.26 bits per heavy atom. The molecule has 0 spiro atoms. The first-order valence-electron chi connectivity index (χ1n) is 12.7. The Kier molecular flexibility index (Phi) is 12.4. The predicted octanol–water partition coefficient (Wildman–Crippen LogP) is 5.16. The highest BCUT2D eigenvalue weighted by Crippen LogP contribution is 2.16. The van der Waals surface area contributed by atoms with Crippen LogP contribution in [0.15, 0.2) is 48.5 Å². The number of rotatable bonds is 14. The highest BCUT2D eigenvalue weighted by Gasteiger charge is 2.24. The van der Waals surface area contributed by atoms with Crippen molar-refractivity contribution in [1.82, 2.24) is 9.80 Å². The van der Waals surface area contributed by atoms with Gasteiger partial charge in [0.15, 0.2) is 5.78 Å². The monoisotopic (exact) mass is 528 g/mol. The van der Waals surface area contributed by atoms with Gasteiger partial charge in [-0.25, -0.2) is 9.59 Å². The smallest absolute Gasteiger partial charge is 0.410 e. The number of carbonyl (C=O) groups is 3. The summed E-state index contributed by atoms with van der Waals surface area (Å²) >= 11 is 0. The quantitative estimate of drug-likeness (QED) is 0.334. The maximum Gasteiger partial charge on any atom is 0.410 e. The molecule has 0 aliphatic heterocycles. The number of hydrogen-bond donors (Lipinski definition) is 0. The summed E-state index contributed by atoms with van der Waals surface area (Å²) in [4.78, 5) is 41.6. The minimum atomic E-state index is -0.591. The van der Waals surface area contributed by atoms with Crippen LogP contribution in [0.2, 0.25) is 0 Å². The van der Waals surface area contributed by atoms with Crippen molar-refractivity contribution in [2.45, 2.75) is 40.8 Å². The van der Waals surface area contributed by atoms with Gasteiger partial charge in [0.1, 0.15) is 11.5 Å². The zero-order chi connectivity index (χ0) is 28.1. The molecule has 2 aromatic carbocycles. The van der Waals surface area contributed by atoms with E-state index in [4.69, 9.17) is 18.9 Å². The number of amides is 2. The first-order chi connectivity index (χ1) is 18.1. The van der Waals surface area contributed by atoms with Gasteiger partial charge in [0.2, 0.25) is 0 Å². The van der Waals surface area contributed by atoms with Gasteiger partial charge in [0.05, 0.1) is 40.5 Å². The van der Waals surface area contributed by atoms with E-state index in [0.29, 0.717) is 11.5 Å². The summed E-state index contributed by atoms with van der Waals surface area (Å²) in [5, 5.41) is 0. The molecule has 0 saturated heterocycles. The highest BCUT2D eigenvalue weighted by atomic mass is 16.6. The normalized spacial score (nSPS) is 10.7. The molecule has 0 N–H and O–H groups in total. The topological polar surface area (TPSA) is 94.6 Å². The van der Waals surface area contributed by atoms with Crippen molar-refractivity contribution in [3.05, 3.63) is 59.7 Å². The Morgan fingerprint density at radius 2 is 0.974 bits per heavy atom. The van der Waals surface area contributed by atoms with Crippen LogP contribution in [-0.4, -0.2) is 68.3 Å². The summed E-state index contributed by atoms with van der Waals surface area (Å²) in [5.41, 5.74) is 1.62. The van der Waals surface area contributed by atoms with E-state index in [1.54, 1.807) is 38.5 Å². The van der Waals surface area contributed by atoms with Crippen LogP contribution >= 0.6 is 0 Å². The maximum absolute atomic E-state index is 13.2. The van der Waals surface area contributed by atoms with E-state index in [1.807, 2.05) is 52.0 Å². The Hall–Kier alpha value is -3.75.